The maximum absolute atomic E-state index is 17.2. The first kappa shape index (κ1) is 40.8. The van der Waals surface area contributed by atoms with Crippen LogP contribution < -0.4 is 14.4 Å². The zero-order valence-electron chi connectivity index (χ0n) is 33.4. The quantitative estimate of drug-likeness (QED) is 0.184. The second-order valence-electron chi connectivity index (χ2n) is 15.5. The van der Waals surface area contributed by atoms with Crippen LogP contribution in [0.2, 0.25) is 5.02 Å². The molecule has 13 nitrogen and oxygen atoms in total. The Balaban J connectivity index is 0.000000919. The van der Waals surface area contributed by atoms with Crippen molar-refractivity contribution >= 4 is 39.2 Å². The van der Waals surface area contributed by atoms with Gasteiger partial charge in [0.1, 0.15) is 22.4 Å². The largest absolute Gasteiger partial charge is 0.480 e. The lowest BCUT2D eigenvalue weighted by molar-refractivity contribution is -0.159. The molecule has 1 aromatic carbocycles. The molecule has 2 saturated carbocycles. The Hall–Kier alpha value is -3.40. The molecule has 4 aromatic rings. The van der Waals surface area contributed by atoms with Gasteiger partial charge in [-0.05, 0) is 83.4 Å². The van der Waals surface area contributed by atoms with Crippen molar-refractivity contribution in [3.63, 3.8) is 0 Å². The summed E-state index contributed by atoms with van der Waals surface area (Å²) in [5.41, 5.74) is 1.82. The number of aromatic nitrogens is 5. The monoisotopic (exact) mass is 797 g/mol. The number of piperidine rings is 1. The number of hydrogen-bond acceptors (Lipinski definition) is 12. The maximum atomic E-state index is 17.2. The number of halogens is 2. The number of pyridine rings is 1. The molecule has 0 bridgehead atoms. The number of methoxy groups -OCH3 is 1. The van der Waals surface area contributed by atoms with E-state index in [4.69, 9.17) is 50.6 Å². The van der Waals surface area contributed by atoms with Gasteiger partial charge in [0.2, 0.25) is 5.88 Å². The van der Waals surface area contributed by atoms with E-state index < -0.39 is 11.9 Å². The Morgan fingerprint density at radius 2 is 1.86 bits per heavy atom. The predicted octanol–water partition coefficient (Wildman–Crippen LogP) is 6.63. The molecule has 5 atom stereocenters. The van der Waals surface area contributed by atoms with E-state index >= 15 is 4.39 Å². The Bertz CT molecular complexity index is 2000. The van der Waals surface area contributed by atoms with Crippen LogP contribution >= 0.6 is 11.6 Å². The number of hydrogen-bond donors (Lipinski definition) is 3. The minimum Gasteiger partial charge on any atom is -0.480 e. The van der Waals surface area contributed by atoms with Crippen molar-refractivity contribution in [1.29, 1.82) is 0 Å². The number of β-amino-alcohol motifs (C(OH)–C–C–N with tert-alkyl or cyclic N) is 1. The van der Waals surface area contributed by atoms with Crippen molar-refractivity contribution in [2.24, 2.45) is 5.41 Å². The van der Waals surface area contributed by atoms with Crippen LogP contribution in [0.3, 0.4) is 0 Å². The van der Waals surface area contributed by atoms with Crippen LogP contribution in [-0.2, 0) is 9.47 Å². The molecule has 0 radical (unpaired) electrons. The van der Waals surface area contributed by atoms with Gasteiger partial charge in [-0.3, -0.25) is 10.00 Å². The van der Waals surface area contributed by atoms with Gasteiger partial charge in [0.25, 0.3) is 0 Å². The van der Waals surface area contributed by atoms with Crippen LogP contribution in [-0.4, -0.2) is 124 Å². The molecule has 15 heteroatoms. The fraction of sp³-hybridized carbons (Fsp3) is 0.659. The summed E-state index contributed by atoms with van der Waals surface area (Å²) in [5, 5.41) is 26.7. The number of H-pyrrole nitrogens is 1. The average Bonchev–Trinajstić information content (AvgIpc) is 3.96. The fourth-order valence-electron chi connectivity index (χ4n) is 9.89. The molecule has 5 fully saturated rings. The zero-order chi connectivity index (χ0) is 39.6. The summed E-state index contributed by atoms with van der Waals surface area (Å²) in [5.74, 6) is -0.162. The molecule has 3 aromatic heterocycles. The van der Waals surface area contributed by atoms with E-state index in [1.165, 1.54) is 13.5 Å². The first-order valence-corrected chi connectivity index (χ1v) is 20.8. The van der Waals surface area contributed by atoms with E-state index in [-0.39, 0.29) is 53.9 Å². The first-order valence-electron chi connectivity index (χ1n) is 20.4. The summed E-state index contributed by atoms with van der Waals surface area (Å²) in [6.07, 6.45) is 11.0. The molecular weight excluding hydrogens is 741 g/mol. The van der Waals surface area contributed by atoms with Gasteiger partial charge in [0.05, 0.1) is 55.4 Å². The van der Waals surface area contributed by atoms with Crippen LogP contribution in [0.4, 0.5) is 10.2 Å². The number of fused-ring (bicyclic) bond motifs is 3. The highest BCUT2D eigenvalue weighted by molar-refractivity contribution is 6.35. The standard InChI is InChI=1S/C37H45ClFN7O5.C2H6O.C2H6/c1-21-16-24-23(17-40-44-24)27(29(21)38)31-30(39)32-28(34(41-31)48-2)33(45-13-15-49-19-22(47)18-45)43-35(42-32)50-20-36-8-3-6-25(36)46(12-4-9-36)26-7-11-37(26)10-5-14-51-37;1-2-3;1-2/h16-17,22,25-26,47H,3-15,18-20H2,1-2H3,(H,40,44);3H,2H2,1H3;1-2H3/t22?,25?,26?,36?,37-;;/m0../s1. The number of likely N-dealkylation sites (tertiary alicyclic amines) is 1. The number of ether oxygens (including phenoxy) is 4. The summed E-state index contributed by atoms with van der Waals surface area (Å²) in [4.78, 5) is 19.0. The Labute approximate surface area is 333 Å². The predicted molar refractivity (Wildman–Crippen MR) is 214 cm³/mol. The van der Waals surface area contributed by atoms with Gasteiger partial charge in [-0.2, -0.15) is 15.1 Å². The molecule has 2 aliphatic carbocycles. The van der Waals surface area contributed by atoms with E-state index in [0.29, 0.717) is 64.5 Å². The second-order valence-corrected chi connectivity index (χ2v) is 15.9. The van der Waals surface area contributed by atoms with Gasteiger partial charge < -0.3 is 34.1 Å². The third kappa shape index (κ3) is 7.30. The molecule has 4 unspecified atom stereocenters. The number of aliphatic hydroxyl groups is 2. The van der Waals surface area contributed by atoms with Crippen LogP contribution in [0.5, 0.6) is 11.9 Å². The van der Waals surface area contributed by atoms with Gasteiger partial charge >= 0.3 is 6.01 Å². The third-order valence-corrected chi connectivity index (χ3v) is 12.9. The van der Waals surface area contributed by atoms with E-state index in [0.717, 1.165) is 70.1 Å². The van der Waals surface area contributed by atoms with E-state index in [1.54, 1.807) is 13.1 Å². The number of rotatable bonds is 7. The average molecular weight is 798 g/mol. The van der Waals surface area contributed by atoms with Crippen molar-refractivity contribution in [3.05, 3.63) is 28.7 Å². The van der Waals surface area contributed by atoms with Crippen molar-refractivity contribution < 1.29 is 33.6 Å². The van der Waals surface area contributed by atoms with Gasteiger partial charge in [-0.1, -0.05) is 31.9 Å². The molecule has 1 spiro atoms. The van der Waals surface area contributed by atoms with Crippen LogP contribution in [0, 0.1) is 18.2 Å². The molecule has 3 N–H and O–H groups in total. The smallest absolute Gasteiger partial charge is 0.319 e. The highest BCUT2D eigenvalue weighted by Crippen LogP contribution is 2.54. The normalized spacial score (nSPS) is 27.6. The van der Waals surface area contributed by atoms with Crippen LogP contribution in [0.1, 0.15) is 84.1 Å². The van der Waals surface area contributed by atoms with Crippen molar-refractivity contribution in [1.82, 2.24) is 30.0 Å². The molecule has 3 aliphatic heterocycles. The Kier molecular flexibility index (Phi) is 12.5. The number of nitrogens with one attached hydrogen (secondary N) is 1. The van der Waals surface area contributed by atoms with E-state index in [1.807, 2.05) is 31.7 Å². The highest BCUT2D eigenvalue weighted by atomic mass is 35.5. The molecule has 306 valence electrons. The van der Waals surface area contributed by atoms with E-state index in [2.05, 4.69) is 15.1 Å². The molecule has 9 rings (SSSR count). The van der Waals surface area contributed by atoms with Crippen molar-refractivity contribution in [2.75, 3.05) is 64.7 Å². The van der Waals surface area contributed by atoms with Gasteiger partial charge in [-0.15, -0.1) is 0 Å². The topological polar surface area (TPSA) is 151 Å². The lowest BCUT2D eigenvalue weighted by atomic mass is 9.68. The molecule has 5 aliphatic rings. The van der Waals surface area contributed by atoms with Crippen molar-refractivity contribution in [2.45, 2.75) is 109 Å². The summed E-state index contributed by atoms with van der Waals surface area (Å²) in [6, 6.07) is 2.81. The van der Waals surface area contributed by atoms with E-state index in [9.17, 15) is 5.11 Å². The summed E-state index contributed by atoms with van der Waals surface area (Å²) >= 11 is 6.87. The Morgan fingerprint density at radius 3 is 2.59 bits per heavy atom. The second kappa shape index (κ2) is 17.2. The van der Waals surface area contributed by atoms with Crippen LogP contribution in [0.15, 0.2) is 12.3 Å². The third-order valence-electron chi connectivity index (χ3n) is 12.4. The minimum absolute atomic E-state index is 0.00443. The van der Waals surface area contributed by atoms with Gasteiger partial charge in [-0.25, -0.2) is 9.37 Å². The number of anilines is 1. The zero-order valence-corrected chi connectivity index (χ0v) is 34.1. The molecular formula is C41H57ClFN7O6. The minimum atomic E-state index is -0.768. The Morgan fingerprint density at radius 1 is 1.05 bits per heavy atom. The summed E-state index contributed by atoms with van der Waals surface area (Å²) < 4.78 is 41.7. The van der Waals surface area contributed by atoms with Crippen molar-refractivity contribution in [3.8, 4) is 23.1 Å². The highest BCUT2D eigenvalue weighted by Gasteiger charge is 2.58. The number of nitrogens with zero attached hydrogens (tertiary/aromatic N) is 6. The summed E-state index contributed by atoms with van der Waals surface area (Å²) in [7, 11) is 1.49. The number of aliphatic hydroxyl groups excluding tert-OH is 2. The molecule has 56 heavy (non-hydrogen) atoms. The van der Waals surface area contributed by atoms with Crippen LogP contribution in [0.25, 0.3) is 33.1 Å². The lowest BCUT2D eigenvalue weighted by Crippen LogP contribution is -2.66. The van der Waals surface area contributed by atoms with Gasteiger partial charge in [0.15, 0.2) is 5.82 Å². The fourth-order valence-corrected chi connectivity index (χ4v) is 10.1. The molecule has 0 amide bonds. The summed E-state index contributed by atoms with van der Waals surface area (Å²) in [6.45, 7) is 11.4. The maximum Gasteiger partial charge on any atom is 0.319 e. The lowest BCUT2D eigenvalue weighted by Gasteiger charge is -2.57. The number of aryl methyl sites for hydroxylation is 1. The number of benzene rings is 1. The number of aromatic amines is 1. The molecule has 3 saturated heterocycles. The first-order chi connectivity index (χ1) is 27.2. The van der Waals surface area contributed by atoms with Gasteiger partial charge in [0, 0.05) is 54.8 Å². The SMILES string of the molecule is CC.CCO.COc1nc(-c2c(Cl)c(C)cc3[nH]ncc23)c(F)c2nc(OCC34CCCC3N(C3CC[C@@]35CCCO5)CCC4)nc(N3CCOCC(O)C3)c12. The molecule has 6 heterocycles.